The molecule has 6 heteroatoms. The van der Waals surface area contributed by atoms with E-state index in [9.17, 15) is 0 Å². The molecule has 1 rings (SSSR count). The molecule has 3 nitrogen and oxygen atoms in total. The van der Waals surface area contributed by atoms with Gasteiger partial charge in [-0.25, -0.2) is 0 Å². The molecule has 0 radical (unpaired) electrons. The molecule has 1 N–H and O–H groups in total. The third-order valence-corrected chi connectivity index (χ3v) is 1.72. The minimum atomic E-state index is -4.19. The lowest BCUT2D eigenvalue weighted by molar-refractivity contribution is 0.501. The fourth-order valence-electron chi connectivity index (χ4n) is 0.557. The van der Waals surface area contributed by atoms with Gasteiger partial charge in [0, 0.05) is 15.6 Å². The van der Waals surface area contributed by atoms with Crippen LogP contribution in [0.3, 0.4) is 0 Å². The third-order valence-electron chi connectivity index (χ3n) is 0.979. The van der Waals surface area contributed by atoms with Gasteiger partial charge in [0.1, 0.15) is 0 Å². The lowest BCUT2D eigenvalue weighted by atomic mass is 10.4. The molecule has 0 saturated heterocycles. The fourth-order valence-corrected chi connectivity index (χ4v) is 0.986. The molecule has 0 heterocycles. The van der Waals surface area contributed by atoms with Crippen molar-refractivity contribution in [2.45, 2.75) is 4.90 Å². The predicted molar refractivity (Wildman–Crippen MR) is 55.6 cm³/mol. The van der Waals surface area contributed by atoms with E-state index < -0.39 is 9.33 Å². The SMILES string of the molecule is CSc1ccccc1.O=S(=O)(O)Cl. The molecule has 74 valence electrons. The average molecular weight is 241 g/mol. The maximum atomic E-state index is 8.95. The predicted octanol–water partition coefficient (Wildman–Crippen LogP) is 2.44. The van der Waals surface area contributed by atoms with E-state index in [0.29, 0.717) is 0 Å². The Morgan fingerprint density at radius 2 is 1.69 bits per heavy atom. The minimum absolute atomic E-state index is 1.33. The molecule has 0 aromatic heterocycles. The largest absolute Gasteiger partial charge is 0.353 e. The van der Waals surface area contributed by atoms with Gasteiger partial charge in [-0.1, -0.05) is 18.2 Å². The van der Waals surface area contributed by atoms with Gasteiger partial charge in [-0.05, 0) is 18.4 Å². The van der Waals surface area contributed by atoms with E-state index in [4.69, 9.17) is 13.0 Å². The first-order chi connectivity index (χ1) is 5.93. The highest BCUT2D eigenvalue weighted by atomic mass is 35.7. The average Bonchev–Trinajstić information content (AvgIpc) is 2.03. The Morgan fingerprint density at radius 3 is 1.92 bits per heavy atom. The van der Waals surface area contributed by atoms with Crippen molar-refractivity contribution >= 4 is 31.8 Å². The summed E-state index contributed by atoms with van der Waals surface area (Å²) in [7, 11) is -0.137. The molecule has 0 aliphatic rings. The molecule has 0 bridgehead atoms. The first kappa shape index (κ1) is 12.8. The number of hydrogen-bond acceptors (Lipinski definition) is 3. The van der Waals surface area contributed by atoms with Crippen LogP contribution >= 0.6 is 22.4 Å². The van der Waals surface area contributed by atoms with E-state index >= 15 is 0 Å². The number of halogens is 1. The molecule has 0 atom stereocenters. The lowest BCUT2D eigenvalue weighted by Crippen LogP contribution is -1.77. The maximum Gasteiger partial charge on any atom is 0.353 e. The van der Waals surface area contributed by atoms with Crippen molar-refractivity contribution < 1.29 is 13.0 Å². The van der Waals surface area contributed by atoms with Crippen molar-refractivity contribution in [1.82, 2.24) is 0 Å². The summed E-state index contributed by atoms with van der Waals surface area (Å²) in [5.74, 6) is 0. The summed E-state index contributed by atoms with van der Waals surface area (Å²) < 4.78 is 25.2. The van der Waals surface area contributed by atoms with Crippen molar-refractivity contribution in [3.05, 3.63) is 30.3 Å². The van der Waals surface area contributed by atoms with E-state index in [1.807, 2.05) is 18.2 Å². The summed E-state index contributed by atoms with van der Waals surface area (Å²) in [6, 6.07) is 10.3. The topological polar surface area (TPSA) is 54.4 Å². The number of hydrogen-bond donors (Lipinski definition) is 1. The molecule has 0 spiro atoms. The zero-order valence-electron chi connectivity index (χ0n) is 6.84. The van der Waals surface area contributed by atoms with Crippen LogP contribution in [-0.2, 0) is 9.33 Å². The number of thioether (sulfide) groups is 1. The normalized spacial score (nSPS) is 10.1. The van der Waals surface area contributed by atoms with E-state index in [0.717, 1.165) is 0 Å². The molecule has 13 heavy (non-hydrogen) atoms. The summed E-state index contributed by atoms with van der Waals surface area (Å²) in [6.45, 7) is 0. The second kappa shape index (κ2) is 6.26. The van der Waals surface area contributed by atoms with E-state index in [1.54, 1.807) is 11.8 Å². The highest BCUT2D eigenvalue weighted by Gasteiger charge is 1.86. The minimum Gasteiger partial charge on any atom is -0.273 e. The van der Waals surface area contributed by atoms with Crippen molar-refractivity contribution in [3.8, 4) is 0 Å². The molecular formula is C7H9ClO3S2. The Balaban J connectivity index is 0.000000252. The first-order valence-corrected chi connectivity index (χ1v) is 6.68. The van der Waals surface area contributed by atoms with Gasteiger partial charge in [0.15, 0.2) is 0 Å². The summed E-state index contributed by atoms with van der Waals surface area (Å²) in [5.41, 5.74) is 0. The molecule has 0 fully saturated rings. The summed E-state index contributed by atoms with van der Waals surface area (Å²) >= 11 is 1.77. The van der Waals surface area contributed by atoms with Crippen molar-refractivity contribution in [2.75, 3.05) is 6.26 Å². The van der Waals surface area contributed by atoms with Gasteiger partial charge in [-0.2, -0.15) is 8.42 Å². The van der Waals surface area contributed by atoms with E-state index in [-0.39, 0.29) is 0 Å². The monoisotopic (exact) mass is 240 g/mol. The van der Waals surface area contributed by atoms with Crippen LogP contribution in [0.25, 0.3) is 0 Å². The Bertz CT molecular complexity index is 315. The summed E-state index contributed by atoms with van der Waals surface area (Å²) in [5, 5.41) is 0. The maximum absolute atomic E-state index is 8.95. The molecule has 0 aliphatic carbocycles. The summed E-state index contributed by atoms with van der Waals surface area (Å²) in [6.07, 6.45) is 2.08. The van der Waals surface area contributed by atoms with Crippen LogP contribution in [0.2, 0.25) is 0 Å². The van der Waals surface area contributed by atoms with E-state index in [2.05, 4.69) is 29.1 Å². The van der Waals surface area contributed by atoms with E-state index in [1.165, 1.54) is 4.90 Å². The highest BCUT2D eigenvalue weighted by molar-refractivity contribution is 8.09. The smallest absolute Gasteiger partial charge is 0.273 e. The van der Waals surface area contributed by atoms with Crippen LogP contribution in [0.1, 0.15) is 0 Å². The van der Waals surface area contributed by atoms with Gasteiger partial charge in [0.25, 0.3) is 0 Å². The molecule has 1 aromatic carbocycles. The van der Waals surface area contributed by atoms with Gasteiger partial charge in [0.2, 0.25) is 0 Å². The summed E-state index contributed by atoms with van der Waals surface area (Å²) in [4.78, 5) is 1.33. The zero-order chi connectivity index (χ0) is 10.3. The highest BCUT2D eigenvalue weighted by Crippen LogP contribution is 2.11. The fraction of sp³-hybridized carbons (Fsp3) is 0.143. The standard InChI is InChI=1S/C7H8S.ClHO3S/c1-8-7-5-3-2-4-6-7;1-5(2,3)4/h2-6H,1H3;(H,2,3,4). The van der Waals surface area contributed by atoms with Gasteiger partial charge < -0.3 is 0 Å². The quantitative estimate of drug-likeness (QED) is 0.465. The van der Waals surface area contributed by atoms with Crippen LogP contribution in [0.15, 0.2) is 35.2 Å². The van der Waals surface area contributed by atoms with Crippen LogP contribution in [0.4, 0.5) is 0 Å². The zero-order valence-corrected chi connectivity index (χ0v) is 9.23. The van der Waals surface area contributed by atoms with Crippen LogP contribution < -0.4 is 0 Å². The Hall–Kier alpha value is -0.230. The second-order valence-electron chi connectivity index (χ2n) is 1.93. The molecule has 0 aliphatic heterocycles. The molecular weight excluding hydrogens is 232 g/mol. The molecule has 0 unspecified atom stereocenters. The second-order valence-corrected chi connectivity index (χ2v) is 4.80. The van der Waals surface area contributed by atoms with Crippen molar-refractivity contribution in [3.63, 3.8) is 0 Å². The number of rotatable bonds is 1. The Kier molecular flexibility index (Phi) is 6.15. The van der Waals surface area contributed by atoms with Gasteiger partial charge in [0.05, 0.1) is 0 Å². The Morgan fingerprint density at radius 1 is 1.31 bits per heavy atom. The number of benzene rings is 1. The van der Waals surface area contributed by atoms with Gasteiger partial charge in [-0.15, -0.1) is 11.8 Å². The Labute approximate surface area is 86.4 Å². The van der Waals surface area contributed by atoms with Crippen LogP contribution in [-0.4, -0.2) is 19.2 Å². The molecule has 0 saturated carbocycles. The molecule has 1 aromatic rings. The molecule has 0 amide bonds. The van der Waals surface area contributed by atoms with Crippen LogP contribution in [0.5, 0.6) is 0 Å². The van der Waals surface area contributed by atoms with Crippen LogP contribution in [0, 0.1) is 0 Å². The lowest BCUT2D eigenvalue weighted by Gasteiger charge is -1.89. The van der Waals surface area contributed by atoms with Gasteiger partial charge >= 0.3 is 9.33 Å². The van der Waals surface area contributed by atoms with Crippen molar-refractivity contribution in [2.24, 2.45) is 0 Å². The van der Waals surface area contributed by atoms with Gasteiger partial charge in [-0.3, -0.25) is 4.55 Å². The van der Waals surface area contributed by atoms with Crippen molar-refractivity contribution in [1.29, 1.82) is 0 Å². The third kappa shape index (κ3) is 11.8. The first-order valence-electron chi connectivity index (χ1n) is 3.19.